The molecule has 0 fully saturated rings. The van der Waals surface area contributed by atoms with E-state index < -0.39 is 0 Å². The maximum atomic E-state index is 5.09. The molecule has 0 unspecified atom stereocenters. The number of hydrogen-bond donors (Lipinski definition) is 1. The highest BCUT2D eigenvalue weighted by Crippen LogP contribution is 2.21. The third-order valence-corrected chi connectivity index (χ3v) is 3.19. The maximum Gasteiger partial charge on any atom is 0.122 e. The van der Waals surface area contributed by atoms with Crippen molar-refractivity contribution in [2.75, 3.05) is 0 Å². The Kier molecular flexibility index (Phi) is 2.43. The highest BCUT2D eigenvalue weighted by molar-refractivity contribution is 7.71. The number of aromatic amines is 1. The largest absolute Gasteiger partial charge is 0.267 e. The van der Waals surface area contributed by atoms with Crippen LogP contribution in [-0.2, 0) is 0 Å². The average Bonchev–Trinajstić information content (AvgIpc) is 2.67. The minimum Gasteiger partial charge on any atom is -0.267 e. The van der Waals surface area contributed by atoms with Gasteiger partial charge in [-0.15, -0.1) is 11.3 Å². The second-order valence-corrected chi connectivity index (χ2v) is 4.15. The van der Waals surface area contributed by atoms with Gasteiger partial charge < -0.3 is 0 Å². The van der Waals surface area contributed by atoms with E-state index in [1.54, 1.807) is 16.8 Å². The lowest BCUT2D eigenvalue weighted by Gasteiger charge is -2.04. The monoisotopic (exact) mass is 223 g/mol. The molecule has 0 spiro atoms. The van der Waals surface area contributed by atoms with Crippen LogP contribution in [0.5, 0.6) is 0 Å². The van der Waals surface area contributed by atoms with E-state index in [0.29, 0.717) is 4.64 Å². The zero-order valence-electron chi connectivity index (χ0n) is 7.87. The molecule has 2 rings (SSSR count). The molecule has 0 atom stereocenters. The van der Waals surface area contributed by atoms with Gasteiger partial charge in [0.05, 0.1) is 5.51 Å². The molecule has 72 valence electrons. The third-order valence-electron chi connectivity index (χ3n) is 2.20. The van der Waals surface area contributed by atoms with Crippen molar-refractivity contribution in [2.45, 2.75) is 13.8 Å². The molecule has 0 aliphatic rings. The summed E-state index contributed by atoms with van der Waals surface area (Å²) in [5.41, 5.74) is 5.75. The van der Waals surface area contributed by atoms with Crippen molar-refractivity contribution in [2.24, 2.45) is 0 Å². The van der Waals surface area contributed by atoms with Gasteiger partial charge in [-0.2, -0.15) is 5.10 Å². The number of rotatable bonds is 1. The third kappa shape index (κ3) is 1.49. The standard InChI is InChI=1S/C9H9N3S2/c1-5-6(2)9(13)12-11-8(5)7-3-14-4-10-7/h3-4H,1-2H3,(H,12,13). The maximum absolute atomic E-state index is 5.09. The van der Waals surface area contributed by atoms with Gasteiger partial charge in [0.15, 0.2) is 0 Å². The molecule has 14 heavy (non-hydrogen) atoms. The highest BCUT2D eigenvalue weighted by atomic mass is 32.1. The molecule has 2 aromatic rings. The van der Waals surface area contributed by atoms with E-state index >= 15 is 0 Å². The van der Waals surface area contributed by atoms with Crippen LogP contribution >= 0.6 is 23.6 Å². The zero-order valence-corrected chi connectivity index (χ0v) is 9.50. The quantitative estimate of drug-likeness (QED) is 0.756. The van der Waals surface area contributed by atoms with Gasteiger partial charge in [0.25, 0.3) is 0 Å². The number of hydrogen-bond acceptors (Lipinski definition) is 4. The summed E-state index contributed by atoms with van der Waals surface area (Å²) in [6.07, 6.45) is 0. The van der Waals surface area contributed by atoms with E-state index in [1.807, 2.05) is 19.2 Å². The van der Waals surface area contributed by atoms with Gasteiger partial charge in [0.1, 0.15) is 16.0 Å². The van der Waals surface area contributed by atoms with Crippen LogP contribution in [0, 0.1) is 18.5 Å². The molecule has 0 aromatic carbocycles. The molecular formula is C9H9N3S2. The Hall–Kier alpha value is -1.07. The molecular weight excluding hydrogens is 214 g/mol. The molecule has 5 heteroatoms. The highest BCUT2D eigenvalue weighted by Gasteiger charge is 2.08. The molecule has 3 nitrogen and oxygen atoms in total. The van der Waals surface area contributed by atoms with Crippen molar-refractivity contribution >= 4 is 23.6 Å². The molecule has 0 amide bonds. The number of nitrogens with one attached hydrogen (secondary N) is 1. The Morgan fingerprint density at radius 1 is 1.36 bits per heavy atom. The van der Waals surface area contributed by atoms with Gasteiger partial charge in [0.2, 0.25) is 0 Å². The van der Waals surface area contributed by atoms with Crippen LogP contribution in [0.4, 0.5) is 0 Å². The van der Waals surface area contributed by atoms with Crippen molar-refractivity contribution in [3.05, 3.63) is 26.7 Å². The molecule has 2 heterocycles. The number of nitrogens with zero attached hydrogens (tertiary/aromatic N) is 2. The SMILES string of the molecule is Cc1c(-c2cscn2)n[nH]c(=S)c1C. The van der Waals surface area contributed by atoms with Crippen molar-refractivity contribution in [3.8, 4) is 11.4 Å². The first kappa shape index (κ1) is 9.48. The summed E-state index contributed by atoms with van der Waals surface area (Å²) in [5.74, 6) is 0. The summed E-state index contributed by atoms with van der Waals surface area (Å²) in [4.78, 5) is 4.22. The number of H-pyrrole nitrogens is 1. The smallest absolute Gasteiger partial charge is 0.122 e. The summed E-state index contributed by atoms with van der Waals surface area (Å²) in [7, 11) is 0. The lowest BCUT2D eigenvalue weighted by molar-refractivity contribution is 0.982. The molecule has 0 saturated heterocycles. The van der Waals surface area contributed by atoms with E-state index in [9.17, 15) is 0 Å². The van der Waals surface area contributed by atoms with Crippen LogP contribution in [0.2, 0.25) is 0 Å². The summed E-state index contributed by atoms with van der Waals surface area (Å²) in [5, 5.41) is 9.00. The molecule has 0 bridgehead atoms. The lowest BCUT2D eigenvalue weighted by atomic mass is 10.1. The Morgan fingerprint density at radius 3 is 2.79 bits per heavy atom. The fraction of sp³-hybridized carbons (Fsp3) is 0.222. The first-order valence-corrected chi connectivity index (χ1v) is 5.49. The van der Waals surface area contributed by atoms with Gasteiger partial charge in [-0.25, -0.2) is 4.98 Å². The first-order chi connectivity index (χ1) is 6.70. The van der Waals surface area contributed by atoms with Crippen molar-refractivity contribution in [1.29, 1.82) is 0 Å². The molecule has 0 radical (unpaired) electrons. The van der Waals surface area contributed by atoms with E-state index in [1.165, 1.54) is 0 Å². The van der Waals surface area contributed by atoms with Crippen molar-refractivity contribution in [1.82, 2.24) is 15.2 Å². The van der Waals surface area contributed by atoms with E-state index in [2.05, 4.69) is 15.2 Å². The second-order valence-electron chi connectivity index (χ2n) is 3.03. The Bertz CT molecular complexity index is 499. The normalized spacial score (nSPS) is 10.4. The lowest BCUT2D eigenvalue weighted by Crippen LogP contribution is -1.96. The molecule has 0 saturated carbocycles. The summed E-state index contributed by atoms with van der Waals surface area (Å²) in [6, 6.07) is 0. The minimum atomic E-state index is 0.696. The van der Waals surface area contributed by atoms with E-state index in [0.717, 1.165) is 22.5 Å². The van der Waals surface area contributed by atoms with Crippen LogP contribution in [0.3, 0.4) is 0 Å². The van der Waals surface area contributed by atoms with Gasteiger partial charge in [-0.3, -0.25) is 5.10 Å². The predicted octanol–water partition coefficient (Wildman–Crippen LogP) is 2.88. The Balaban J connectivity index is 2.67. The van der Waals surface area contributed by atoms with Crippen LogP contribution in [0.25, 0.3) is 11.4 Å². The molecule has 2 aromatic heterocycles. The molecule has 1 N–H and O–H groups in total. The Morgan fingerprint density at radius 2 is 2.14 bits per heavy atom. The first-order valence-electron chi connectivity index (χ1n) is 4.14. The number of aromatic nitrogens is 3. The van der Waals surface area contributed by atoms with Gasteiger partial charge in [0, 0.05) is 5.38 Å². The van der Waals surface area contributed by atoms with Gasteiger partial charge in [-0.1, -0.05) is 12.2 Å². The summed E-state index contributed by atoms with van der Waals surface area (Å²) in [6.45, 7) is 4.01. The summed E-state index contributed by atoms with van der Waals surface area (Å²) < 4.78 is 0.696. The van der Waals surface area contributed by atoms with E-state index in [4.69, 9.17) is 12.2 Å². The summed E-state index contributed by atoms with van der Waals surface area (Å²) >= 11 is 6.66. The van der Waals surface area contributed by atoms with Crippen LogP contribution in [0.15, 0.2) is 10.9 Å². The Labute approximate surface area is 90.8 Å². The zero-order chi connectivity index (χ0) is 10.1. The minimum absolute atomic E-state index is 0.696. The van der Waals surface area contributed by atoms with Gasteiger partial charge >= 0.3 is 0 Å². The average molecular weight is 223 g/mol. The van der Waals surface area contributed by atoms with Crippen molar-refractivity contribution < 1.29 is 0 Å². The predicted molar refractivity (Wildman–Crippen MR) is 60.0 cm³/mol. The number of thiazole rings is 1. The van der Waals surface area contributed by atoms with Crippen LogP contribution < -0.4 is 0 Å². The molecule has 0 aliphatic carbocycles. The second kappa shape index (κ2) is 3.59. The van der Waals surface area contributed by atoms with Gasteiger partial charge in [-0.05, 0) is 25.0 Å². The van der Waals surface area contributed by atoms with E-state index in [-0.39, 0.29) is 0 Å². The van der Waals surface area contributed by atoms with Crippen molar-refractivity contribution in [3.63, 3.8) is 0 Å². The fourth-order valence-electron chi connectivity index (χ4n) is 1.20. The van der Waals surface area contributed by atoms with Crippen LogP contribution in [0.1, 0.15) is 11.1 Å². The topological polar surface area (TPSA) is 41.6 Å². The molecule has 0 aliphatic heterocycles. The fourth-order valence-corrected chi connectivity index (χ4v) is 1.94. The van der Waals surface area contributed by atoms with Crippen LogP contribution in [-0.4, -0.2) is 15.2 Å².